The summed E-state index contributed by atoms with van der Waals surface area (Å²) in [5, 5.41) is 2.99. The van der Waals surface area contributed by atoms with Crippen LogP contribution in [0.15, 0.2) is 42.5 Å². The topological polar surface area (TPSA) is 62.4 Å². The third-order valence-electron chi connectivity index (χ3n) is 4.93. The minimum Gasteiger partial charge on any atom is -0.493 e. The zero-order chi connectivity index (χ0) is 17.9. The molecule has 2 aromatic rings. The SMILES string of the molecule is O=C(NCc1ccc2c(c1)CCCO2)C1CC(c2ccc(F)cc2)NN1. The Morgan fingerprint density at radius 1 is 1.19 bits per heavy atom. The molecule has 26 heavy (non-hydrogen) atoms. The second-order valence-corrected chi connectivity index (χ2v) is 6.79. The maximum atomic E-state index is 13.0. The molecular formula is C20H22FN3O2. The summed E-state index contributed by atoms with van der Waals surface area (Å²) in [7, 11) is 0. The summed E-state index contributed by atoms with van der Waals surface area (Å²) < 4.78 is 18.7. The molecule has 4 rings (SSSR count). The first-order valence-electron chi connectivity index (χ1n) is 8.98. The Morgan fingerprint density at radius 2 is 2.04 bits per heavy atom. The average molecular weight is 355 g/mol. The fraction of sp³-hybridized carbons (Fsp3) is 0.350. The molecule has 2 aliphatic heterocycles. The van der Waals surface area contributed by atoms with E-state index >= 15 is 0 Å². The molecule has 0 radical (unpaired) electrons. The van der Waals surface area contributed by atoms with E-state index in [2.05, 4.69) is 22.2 Å². The van der Waals surface area contributed by atoms with Crippen LogP contribution in [0.3, 0.4) is 0 Å². The van der Waals surface area contributed by atoms with E-state index in [4.69, 9.17) is 4.74 Å². The van der Waals surface area contributed by atoms with Gasteiger partial charge in [-0.15, -0.1) is 0 Å². The van der Waals surface area contributed by atoms with Gasteiger partial charge < -0.3 is 10.1 Å². The Balaban J connectivity index is 1.32. The van der Waals surface area contributed by atoms with Crippen molar-refractivity contribution in [1.29, 1.82) is 0 Å². The van der Waals surface area contributed by atoms with E-state index < -0.39 is 0 Å². The molecule has 1 fully saturated rings. The van der Waals surface area contributed by atoms with Crippen molar-refractivity contribution in [1.82, 2.24) is 16.2 Å². The fourth-order valence-corrected chi connectivity index (χ4v) is 3.48. The highest BCUT2D eigenvalue weighted by molar-refractivity contribution is 5.82. The van der Waals surface area contributed by atoms with Gasteiger partial charge in [-0.3, -0.25) is 4.79 Å². The van der Waals surface area contributed by atoms with Crippen LogP contribution in [0.1, 0.15) is 35.6 Å². The molecule has 6 heteroatoms. The lowest BCUT2D eigenvalue weighted by molar-refractivity contribution is -0.123. The van der Waals surface area contributed by atoms with Gasteiger partial charge in [-0.2, -0.15) is 0 Å². The van der Waals surface area contributed by atoms with Crippen molar-refractivity contribution in [3.63, 3.8) is 0 Å². The van der Waals surface area contributed by atoms with E-state index in [1.807, 2.05) is 12.1 Å². The molecule has 0 spiro atoms. The molecule has 1 amide bonds. The van der Waals surface area contributed by atoms with Gasteiger partial charge in [0.05, 0.1) is 6.61 Å². The zero-order valence-electron chi connectivity index (χ0n) is 14.4. The number of rotatable bonds is 4. The van der Waals surface area contributed by atoms with Crippen molar-refractivity contribution >= 4 is 5.91 Å². The van der Waals surface area contributed by atoms with Crippen LogP contribution >= 0.6 is 0 Å². The van der Waals surface area contributed by atoms with Gasteiger partial charge in [-0.05, 0) is 54.2 Å². The molecule has 0 aliphatic carbocycles. The van der Waals surface area contributed by atoms with Crippen molar-refractivity contribution in [2.24, 2.45) is 0 Å². The molecule has 2 heterocycles. The highest BCUT2D eigenvalue weighted by atomic mass is 19.1. The number of benzene rings is 2. The first-order chi connectivity index (χ1) is 12.7. The number of hydrazine groups is 1. The molecule has 3 N–H and O–H groups in total. The predicted molar refractivity (Wildman–Crippen MR) is 95.9 cm³/mol. The van der Waals surface area contributed by atoms with Gasteiger partial charge in [0.15, 0.2) is 0 Å². The number of aryl methyl sites for hydroxylation is 1. The van der Waals surface area contributed by atoms with E-state index in [1.54, 1.807) is 12.1 Å². The van der Waals surface area contributed by atoms with Crippen molar-refractivity contribution in [2.75, 3.05) is 6.61 Å². The molecular weight excluding hydrogens is 333 g/mol. The lowest BCUT2D eigenvalue weighted by atomic mass is 10.0. The summed E-state index contributed by atoms with van der Waals surface area (Å²) in [4.78, 5) is 12.4. The molecule has 2 aromatic carbocycles. The summed E-state index contributed by atoms with van der Waals surface area (Å²) in [5.41, 5.74) is 9.39. The van der Waals surface area contributed by atoms with Gasteiger partial charge in [-0.1, -0.05) is 24.3 Å². The summed E-state index contributed by atoms with van der Waals surface area (Å²) in [5.74, 6) is 0.649. The monoisotopic (exact) mass is 355 g/mol. The lowest BCUT2D eigenvalue weighted by Gasteiger charge is -2.18. The van der Waals surface area contributed by atoms with Crippen LogP contribution in [0.2, 0.25) is 0 Å². The molecule has 0 aromatic heterocycles. The summed E-state index contributed by atoms with van der Waals surface area (Å²) in [6, 6.07) is 12.1. The molecule has 1 saturated heterocycles. The van der Waals surface area contributed by atoms with E-state index in [-0.39, 0.29) is 23.8 Å². The molecule has 0 saturated carbocycles. The number of carbonyl (C=O) groups is 1. The standard InChI is InChI=1S/C20H22FN3O2/c21-16-6-4-14(5-7-16)17-11-18(24-23-17)20(25)22-12-13-3-8-19-15(10-13)2-1-9-26-19/h3-8,10,17-18,23-24H,1-2,9,11-12H2,(H,22,25). The zero-order valence-corrected chi connectivity index (χ0v) is 14.4. The molecule has 0 bridgehead atoms. The Bertz CT molecular complexity index is 794. The van der Waals surface area contributed by atoms with Crippen molar-refractivity contribution in [3.8, 4) is 5.75 Å². The number of ether oxygens (including phenoxy) is 1. The largest absolute Gasteiger partial charge is 0.493 e. The number of fused-ring (bicyclic) bond motifs is 1. The number of halogens is 1. The van der Waals surface area contributed by atoms with Crippen LogP contribution < -0.4 is 20.9 Å². The minimum absolute atomic E-state index is 0.00718. The predicted octanol–water partition coefficient (Wildman–Crippen LogP) is 2.37. The van der Waals surface area contributed by atoms with Crippen LogP contribution in [0.4, 0.5) is 4.39 Å². The van der Waals surface area contributed by atoms with E-state index in [0.717, 1.165) is 36.3 Å². The number of hydrogen-bond donors (Lipinski definition) is 3. The van der Waals surface area contributed by atoms with Crippen molar-refractivity contribution in [3.05, 3.63) is 65.0 Å². The first-order valence-corrected chi connectivity index (χ1v) is 8.98. The Kier molecular flexibility index (Phi) is 4.86. The number of carbonyl (C=O) groups excluding carboxylic acids is 1. The highest BCUT2D eigenvalue weighted by Gasteiger charge is 2.29. The molecule has 5 nitrogen and oxygen atoms in total. The van der Waals surface area contributed by atoms with Gasteiger partial charge in [0.25, 0.3) is 0 Å². The normalized spacial score (nSPS) is 21.7. The summed E-state index contributed by atoms with van der Waals surface area (Å²) >= 11 is 0. The van der Waals surface area contributed by atoms with Gasteiger partial charge >= 0.3 is 0 Å². The molecule has 2 aliphatic rings. The fourth-order valence-electron chi connectivity index (χ4n) is 3.48. The Morgan fingerprint density at radius 3 is 2.88 bits per heavy atom. The third-order valence-corrected chi connectivity index (χ3v) is 4.93. The van der Waals surface area contributed by atoms with Gasteiger partial charge in [0.2, 0.25) is 5.91 Å². The maximum absolute atomic E-state index is 13.0. The molecule has 2 atom stereocenters. The van der Waals surface area contributed by atoms with Crippen LogP contribution in [-0.4, -0.2) is 18.6 Å². The second-order valence-electron chi connectivity index (χ2n) is 6.79. The molecule has 136 valence electrons. The van der Waals surface area contributed by atoms with E-state index in [9.17, 15) is 9.18 Å². The minimum atomic E-state index is -0.314. The van der Waals surface area contributed by atoms with Gasteiger partial charge in [0, 0.05) is 12.6 Å². The summed E-state index contributed by atoms with van der Waals surface area (Å²) in [6.07, 6.45) is 2.67. The van der Waals surface area contributed by atoms with E-state index in [0.29, 0.717) is 13.0 Å². The van der Waals surface area contributed by atoms with Crippen LogP contribution in [0.5, 0.6) is 5.75 Å². The smallest absolute Gasteiger partial charge is 0.238 e. The van der Waals surface area contributed by atoms with Crippen LogP contribution in [0.25, 0.3) is 0 Å². The van der Waals surface area contributed by atoms with Crippen molar-refractivity contribution < 1.29 is 13.9 Å². The second kappa shape index (κ2) is 7.43. The molecule has 2 unspecified atom stereocenters. The van der Waals surface area contributed by atoms with E-state index in [1.165, 1.54) is 17.7 Å². The van der Waals surface area contributed by atoms with Gasteiger partial charge in [-0.25, -0.2) is 15.2 Å². The number of amides is 1. The highest BCUT2D eigenvalue weighted by Crippen LogP contribution is 2.26. The third kappa shape index (κ3) is 3.71. The Hall–Kier alpha value is -2.44. The maximum Gasteiger partial charge on any atom is 0.238 e. The van der Waals surface area contributed by atoms with Gasteiger partial charge in [0.1, 0.15) is 17.6 Å². The lowest BCUT2D eigenvalue weighted by Crippen LogP contribution is -2.42. The van der Waals surface area contributed by atoms with Crippen LogP contribution in [-0.2, 0) is 17.8 Å². The van der Waals surface area contributed by atoms with Crippen LogP contribution in [0, 0.1) is 5.82 Å². The van der Waals surface area contributed by atoms with Crippen molar-refractivity contribution in [2.45, 2.75) is 37.9 Å². The number of nitrogens with one attached hydrogen (secondary N) is 3. The number of hydrogen-bond acceptors (Lipinski definition) is 4. The Labute approximate surface area is 151 Å². The average Bonchev–Trinajstić information content (AvgIpc) is 3.17. The summed E-state index contributed by atoms with van der Waals surface area (Å²) in [6.45, 7) is 1.27. The quantitative estimate of drug-likeness (QED) is 0.788. The first kappa shape index (κ1) is 17.0.